The molecule has 1 amide bonds. The third-order valence-electron chi connectivity index (χ3n) is 5.20. The van der Waals surface area contributed by atoms with Crippen LogP contribution in [0.25, 0.3) is 0 Å². The molecule has 31 heavy (non-hydrogen) atoms. The number of thiazole rings is 1. The fourth-order valence-electron chi connectivity index (χ4n) is 3.84. The van der Waals surface area contributed by atoms with E-state index in [9.17, 15) is 14.7 Å². The number of amides is 1. The Labute approximate surface area is 183 Å². The van der Waals surface area contributed by atoms with Gasteiger partial charge in [0, 0.05) is 22.8 Å². The number of hydrogen-bond acceptors (Lipinski definition) is 6. The topological polar surface area (TPSA) is 96.7 Å². The predicted octanol–water partition coefficient (Wildman–Crippen LogP) is 2.16. The molecule has 1 aliphatic heterocycles. The van der Waals surface area contributed by atoms with Crippen LogP contribution in [0.3, 0.4) is 0 Å². The van der Waals surface area contributed by atoms with Gasteiger partial charge in [-0.1, -0.05) is 18.2 Å². The fraction of sp³-hybridized carbons (Fsp3) is 0.217. The van der Waals surface area contributed by atoms with Gasteiger partial charge in [0.1, 0.15) is 5.75 Å². The van der Waals surface area contributed by atoms with Crippen LogP contribution in [0, 0.1) is 13.8 Å². The number of benzene rings is 1. The number of nitrogens with one attached hydrogen (secondary N) is 1. The minimum atomic E-state index is -0.856. The molecule has 0 radical (unpaired) electrons. The average Bonchev–Trinajstić information content (AvgIpc) is 3.24. The lowest BCUT2D eigenvalue weighted by molar-refractivity contribution is -0.378. The van der Waals surface area contributed by atoms with Gasteiger partial charge in [0.2, 0.25) is 11.7 Å². The van der Waals surface area contributed by atoms with Crippen LogP contribution >= 0.6 is 11.3 Å². The maximum Gasteiger partial charge on any atom is 0.240 e. The molecule has 0 aliphatic carbocycles. The zero-order valence-electron chi connectivity index (χ0n) is 17.3. The van der Waals surface area contributed by atoms with Gasteiger partial charge in [-0.15, -0.1) is 11.3 Å². The summed E-state index contributed by atoms with van der Waals surface area (Å²) in [4.78, 5) is 35.7. The fourth-order valence-corrected chi connectivity index (χ4v) is 4.71. The summed E-state index contributed by atoms with van der Waals surface area (Å²) in [6.45, 7) is 3.70. The van der Waals surface area contributed by atoms with Crippen molar-refractivity contribution in [3.63, 3.8) is 0 Å². The number of methoxy groups -OCH3 is 1. The number of carbonyl (C=O) groups is 2. The number of rotatable bonds is 6. The Morgan fingerprint density at radius 3 is 2.68 bits per heavy atom. The molecule has 1 aliphatic rings. The molecular weight excluding hydrogens is 414 g/mol. The molecule has 1 N–H and O–H groups in total. The van der Waals surface area contributed by atoms with Crippen molar-refractivity contribution in [2.75, 3.05) is 7.11 Å². The minimum Gasteiger partial charge on any atom is -0.868 e. The molecule has 0 saturated heterocycles. The SMILES string of the molecule is COc1ccccc1C1C(C(=O)c2sc(C)nc2C)=C([O-])C(=O)N1Cc1ccc[nH+]c1. The molecule has 1 unspecified atom stereocenters. The number of ketones is 1. The van der Waals surface area contributed by atoms with Gasteiger partial charge >= 0.3 is 0 Å². The summed E-state index contributed by atoms with van der Waals surface area (Å²) in [5.41, 5.74) is 1.88. The molecule has 3 aromatic rings. The van der Waals surface area contributed by atoms with Crippen molar-refractivity contribution in [1.82, 2.24) is 9.88 Å². The number of para-hydroxylation sites is 1. The van der Waals surface area contributed by atoms with E-state index < -0.39 is 23.5 Å². The van der Waals surface area contributed by atoms with Crippen molar-refractivity contribution in [2.24, 2.45) is 0 Å². The minimum absolute atomic E-state index is 0.0684. The van der Waals surface area contributed by atoms with E-state index in [1.54, 1.807) is 50.5 Å². The summed E-state index contributed by atoms with van der Waals surface area (Å²) in [6.07, 6.45) is 3.52. The van der Waals surface area contributed by atoms with Crippen LogP contribution < -0.4 is 14.8 Å². The third-order valence-corrected chi connectivity index (χ3v) is 6.27. The number of aromatic amines is 1. The quantitative estimate of drug-likeness (QED) is 0.553. The van der Waals surface area contributed by atoms with E-state index in [-0.39, 0.29) is 12.1 Å². The Bertz CT molecular complexity index is 1190. The molecule has 1 aromatic carbocycles. The van der Waals surface area contributed by atoms with Crippen molar-refractivity contribution in [3.05, 3.63) is 86.8 Å². The first-order valence-corrected chi connectivity index (χ1v) is 10.5. The molecule has 4 rings (SSSR count). The van der Waals surface area contributed by atoms with E-state index in [0.717, 1.165) is 10.6 Å². The number of aryl methyl sites for hydroxylation is 2. The maximum absolute atomic E-state index is 13.5. The largest absolute Gasteiger partial charge is 0.868 e. The van der Waals surface area contributed by atoms with Crippen molar-refractivity contribution in [3.8, 4) is 5.75 Å². The monoisotopic (exact) mass is 435 g/mol. The van der Waals surface area contributed by atoms with Crippen LogP contribution in [0.2, 0.25) is 0 Å². The number of Topliss-reactive ketones (excluding diaryl/α,β-unsaturated/α-hetero) is 1. The molecule has 1 atom stereocenters. The summed E-state index contributed by atoms with van der Waals surface area (Å²) in [6, 6.07) is 9.93. The second-order valence-electron chi connectivity index (χ2n) is 7.21. The van der Waals surface area contributed by atoms with Crippen molar-refractivity contribution in [1.29, 1.82) is 0 Å². The molecule has 3 heterocycles. The summed E-state index contributed by atoms with van der Waals surface area (Å²) in [5.74, 6) is -1.45. The molecule has 8 heteroatoms. The normalized spacial score (nSPS) is 16.2. The highest BCUT2D eigenvalue weighted by Gasteiger charge is 2.41. The number of aromatic nitrogens is 2. The van der Waals surface area contributed by atoms with Gasteiger partial charge in [-0.05, 0) is 31.7 Å². The highest BCUT2D eigenvalue weighted by atomic mass is 32.1. The predicted molar refractivity (Wildman–Crippen MR) is 112 cm³/mol. The second kappa shape index (κ2) is 8.31. The van der Waals surface area contributed by atoms with Gasteiger partial charge < -0.3 is 14.7 Å². The maximum atomic E-state index is 13.5. The number of nitrogens with zero attached hydrogens (tertiary/aromatic N) is 2. The van der Waals surface area contributed by atoms with E-state index in [1.807, 2.05) is 12.1 Å². The van der Waals surface area contributed by atoms with Crippen molar-refractivity contribution < 1.29 is 24.4 Å². The summed E-state index contributed by atoms with van der Waals surface area (Å²) in [5, 5.41) is 13.8. The first kappa shape index (κ1) is 20.7. The lowest BCUT2D eigenvalue weighted by Crippen LogP contribution is -2.32. The molecule has 158 valence electrons. The van der Waals surface area contributed by atoms with E-state index >= 15 is 0 Å². The standard InChI is InChI=1S/C23H21N3O4S/c1-13-22(31-14(2)25-13)20(27)18-19(16-8-4-5-9-17(16)30-3)26(23(29)21(18)28)12-15-7-6-10-24-11-15/h4-11,19,28H,12H2,1-3H3. The lowest BCUT2D eigenvalue weighted by atomic mass is 9.94. The zero-order valence-corrected chi connectivity index (χ0v) is 18.2. The van der Waals surface area contributed by atoms with Crippen LogP contribution in [0.4, 0.5) is 0 Å². The Morgan fingerprint density at radius 1 is 1.26 bits per heavy atom. The number of carbonyl (C=O) groups excluding carboxylic acids is 2. The number of H-pyrrole nitrogens is 1. The van der Waals surface area contributed by atoms with Crippen LogP contribution in [0.1, 0.15) is 37.5 Å². The van der Waals surface area contributed by atoms with Gasteiger partial charge in [0.15, 0.2) is 12.4 Å². The van der Waals surface area contributed by atoms with E-state index in [1.165, 1.54) is 23.3 Å². The van der Waals surface area contributed by atoms with Crippen LogP contribution in [-0.4, -0.2) is 28.7 Å². The Kier molecular flexibility index (Phi) is 5.56. The molecule has 0 spiro atoms. The molecule has 0 saturated carbocycles. The summed E-state index contributed by atoms with van der Waals surface area (Å²) in [7, 11) is 1.52. The highest BCUT2D eigenvalue weighted by molar-refractivity contribution is 7.14. The molecule has 2 aromatic heterocycles. The van der Waals surface area contributed by atoms with Crippen molar-refractivity contribution >= 4 is 23.0 Å². The second-order valence-corrected chi connectivity index (χ2v) is 8.41. The van der Waals surface area contributed by atoms with Crippen LogP contribution in [0.15, 0.2) is 60.1 Å². The molecule has 0 bridgehead atoms. The number of hydrogen-bond donors (Lipinski definition) is 0. The van der Waals surface area contributed by atoms with Gasteiger partial charge in [0.25, 0.3) is 0 Å². The first-order chi connectivity index (χ1) is 14.9. The van der Waals surface area contributed by atoms with Gasteiger partial charge in [0.05, 0.1) is 35.3 Å². The van der Waals surface area contributed by atoms with Gasteiger partial charge in [-0.25, -0.2) is 9.97 Å². The van der Waals surface area contributed by atoms with E-state index in [0.29, 0.717) is 21.9 Å². The Hall–Kier alpha value is -3.52. The van der Waals surface area contributed by atoms with Crippen molar-refractivity contribution in [2.45, 2.75) is 26.4 Å². The smallest absolute Gasteiger partial charge is 0.240 e. The van der Waals surface area contributed by atoms with Crippen LogP contribution in [0.5, 0.6) is 5.75 Å². The summed E-state index contributed by atoms with van der Waals surface area (Å²) >= 11 is 1.23. The first-order valence-electron chi connectivity index (χ1n) is 9.71. The van der Waals surface area contributed by atoms with E-state index in [2.05, 4.69) is 9.97 Å². The Balaban J connectivity index is 1.86. The molecule has 0 fully saturated rings. The average molecular weight is 436 g/mol. The lowest BCUT2D eigenvalue weighted by Gasteiger charge is -2.28. The molecular formula is C23H21N3O4S. The van der Waals surface area contributed by atoms with Crippen LogP contribution in [-0.2, 0) is 11.3 Å². The number of ether oxygens (including phenoxy) is 1. The highest BCUT2D eigenvalue weighted by Crippen LogP contribution is 2.43. The Morgan fingerprint density at radius 2 is 2.03 bits per heavy atom. The van der Waals surface area contributed by atoms with Gasteiger partial charge in [-0.3, -0.25) is 9.59 Å². The number of pyridine rings is 1. The van der Waals surface area contributed by atoms with Gasteiger partial charge in [-0.2, -0.15) is 0 Å². The molecule has 7 nitrogen and oxygen atoms in total. The zero-order chi connectivity index (χ0) is 22.1. The summed E-state index contributed by atoms with van der Waals surface area (Å²) < 4.78 is 5.50. The van der Waals surface area contributed by atoms with E-state index in [4.69, 9.17) is 4.74 Å². The third kappa shape index (κ3) is 3.70.